The fourth-order valence-corrected chi connectivity index (χ4v) is 6.87. The number of aliphatic hydroxyl groups excluding tert-OH is 1. The second kappa shape index (κ2) is 7.03. The molecule has 0 aromatic carbocycles. The van der Waals surface area contributed by atoms with Crippen LogP contribution in [0.1, 0.15) is 13.8 Å². The highest BCUT2D eigenvalue weighted by atomic mass is 32.2. The van der Waals surface area contributed by atoms with Crippen molar-refractivity contribution in [1.29, 1.82) is 0 Å². The molecule has 2 heterocycles. The van der Waals surface area contributed by atoms with Crippen molar-refractivity contribution in [2.24, 2.45) is 11.8 Å². The van der Waals surface area contributed by atoms with Gasteiger partial charge in [-0.3, -0.25) is 24.2 Å². The second-order valence-corrected chi connectivity index (χ2v) is 9.52. The minimum atomic E-state index is -4.24. The maximum absolute atomic E-state index is 12.5. The molecule has 9 heteroatoms. The number of hydrogen-bond acceptors (Lipinski definition) is 7. The fourth-order valence-electron chi connectivity index (χ4n) is 5.42. The van der Waals surface area contributed by atoms with Crippen LogP contribution < -0.4 is 0 Å². The van der Waals surface area contributed by atoms with E-state index in [1.165, 1.54) is 0 Å². The Morgan fingerprint density at radius 1 is 0.920 bits per heavy atom. The molecule has 0 aromatic heterocycles. The normalized spacial score (nSPS) is 42.2. The van der Waals surface area contributed by atoms with Crippen molar-refractivity contribution in [3.8, 4) is 0 Å². The van der Waals surface area contributed by atoms with E-state index in [1.807, 2.05) is 27.9 Å². The molecule has 4 atom stereocenters. The molecule has 0 aromatic rings. The van der Waals surface area contributed by atoms with Crippen LogP contribution in [0.25, 0.3) is 0 Å². The number of hydrogen-bond donors (Lipinski definition) is 2. The first-order chi connectivity index (χ1) is 11.7. The molecule has 3 fully saturated rings. The molecule has 2 saturated heterocycles. The smallest absolute Gasteiger partial charge is 0.270 e. The highest BCUT2D eigenvalue weighted by molar-refractivity contribution is 7.86. The highest BCUT2D eigenvalue weighted by Gasteiger charge is 2.60. The van der Waals surface area contributed by atoms with Gasteiger partial charge < -0.3 is 5.11 Å². The van der Waals surface area contributed by atoms with Gasteiger partial charge in [-0.05, 0) is 27.2 Å². The Hall–Kier alpha value is -0.290. The quantitative estimate of drug-likeness (QED) is 0.609. The van der Waals surface area contributed by atoms with Gasteiger partial charge in [-0.25, -0.2) is 0 Å². The minimum absolute atomic E-state index is 0.183. The largest absolute Gasteiger partial charge is 0.392 e. The van der Waals surface area contributed by atoms with Crippen LogP contribution >= 0.6 is 0 Å². The van der Waals surface area contributed by atoms with Crippen LogP contribution in [0.5, 0.6) is 0 Å². The van der Waals surface area contributed by atoms with E-state index < -0.39 is 21.5 Å². The molecule has 2 aliphatic heterocycles. The number of aliphatic hydroxyl groups is 1. The van der Waals surface area contributed by atoms with Crippen molar-refractivity contribution < 1.29 is 18.1 Å². The van der Waals surface area contributed by atoms with Gasteiger partial charge >= 0.3 is 0 Å². The van der Waals surface area contributed by atoms with E-state index in [1.54, 1.807) is 0 Å². The summed E-state index contributed by atoms with van der Waals surface area (Å²) in [7, 11) is -0.259. The predicted molar refractivity (Wildman–Crippen MR) is 95.7 cm³/mol. The lowest BCUT2D eigenvalue weighted by Crippen LogP contribution is -2.76. The molecule has 2 N–H and O–H groups in total. The first-order valence-corrected chi connectivity index (χ1v) is 10.7. The predicted octanol–water partition coefficient (Wildman–Crippen LogP) is -0.963. The van der Waals surface area contributed by atoms with Gasteiger partial charge in [0.2, 0.25) is 0 Å². The van der Waals surface area contributed by atoms with E-state index in [0.29, 0.717) is 39.5 Å². The first-order valence-electron chi connectivity index (χ1n) is 9.18. The summed E-state index contributed by atoms with van der Waals surface area (Å²) < 4.78 is 35.1. The molecule has 146 valence electrons. The molecule has 1 saturated carbocycles. The van der Waals surface area contributed by atoms with E-state index in [9.17, 15) is 18.1 Å². The Morgan fingerprint density at radius 3 is 1.64 bits per heavy atom. The van der Waals surface area contributed by atoms with E-state index >= 15 is 0 Å². The number of fused-ring (bicyclic) bond motifs is 2. The minimum Gasteiger partial charge on any atom is -0.392 e. The van der Waals surface area contributed by atoms with Crippen molar-refractivity contribution in [3.05, 3.63) is 0 Å². The zero-order chi connectivity index (χ0) is 18.5. The van der Waals surface area contributed by atoms with Crippen molar-refractivity contribution in [2.45, 2.75) is 37.3 Å². The summed E-state index contributed by atoms with van der Waals surface area (Å²) in [6.07, 6.45) is -0.582. The van der Waals surface area contributed by atoms with E-state index in [0.717, 1.165) is 0 Å². The van der Waals surface area contributed by atoms with Crippen LogP contribution in [0.3, 0.4) is 0 Å². The lowest BCUT2D eigenvalue weighted by Gasteiger charge is -2.60. The molecule has 25 heavy (non-hydrogen) atoms. The Balaban J connectivity index is 2.08. The van der Waals surface area contributed by atoms with Gasteiger partial charge in [-0.2, -0.15) is 8.42 Å². The Bertz CT molecular complexity index is 555. The average Bonchev–Trinajstić information content (AvgIpc) is 2.53. The van der Waals surface area contributed by atoms with Gasteiger partial charge in [0, 0.05) is 37.0 Å². The summed E-state index contributed by atoms with van der Waals surface area (Å²) in [5.74, 6) is -0.367. The van der Waals surface area contributed by atoms with Crippen LogP contribution in [0.4, 0.5) is 0 Å². The molecule has 0 bridgehead atoms. The molecule has 3 aliphatic rings. The van der Waals surface area contributed by atoms with Gasteiger partial charge in [-0.1, -0.05) is 13.8 Å². The summed E-state index contributed by atoms with van der Waals surface area (Å²) in [5, 5.41) is 10.3. The van der Waals surface area contributed by atoms with Gasteiger partial charge in [0.15, 0.2) is 0 Å². The first kappa shape index (κ1) is 19.5. The lowest BCUT2D eigenvalue weighted by molar-refractivity contribution is -0.142. The lowest BCUT2D eigenvalue weighted by atomic mass is 9.69. The molecule has 8 nitrogen and oxygen atoms in total. The highest BCUT2D eigenvalue weighted by Crippen LogP contribution is 2.42. The van der Waals surface area contributed by atoms with Crippen molar-refractivity contribution in [3.63, 3.8) is 0 Å². The van der Waals surface area contributed by atoms with Gasteiger partial charge in [0.1, 0.15) is 5.25 Å². The van der Waals surface area contributed by atoms with Gasteiger partial charge in [0.25, 0.3) is 10.1 Å². The summed E-state index contributed by atoms with van der Waals surface area (Å²) in [6.45, 7) is 7.98. The molecule has 4 unspecified atom stereocenters. The Morgan fingerprint density at radius 2 is 1.32 bits per heavy atom. The van der Waals surface area contributed by atoms with E-state index in [4.69, 9.17) is 0 Å². The van der Waals surface area contributed by atoms with Crippen LogP contribution in [0.15, 0.2) is 0 Å². The molecular formula is C16H32N4O4S. The van der Waals surface area contributed by atoms with Gasteiger partial charge in [-0.15, -0.1) is 0 Å². The molecule has 3 rings (SSSR count). The van der Waals surface area contributed by atoms with Crippen molar-refractivity contribution in [1.82, 2.24) is 19.6 Å². The molecule has 0 spiro atoms. The molecular weight excluding hydrogens is 344 g/mol. The zero-order valence-corrected chi connectivity index (χ0v) is 16.4. The van der Waals surface area contributed by atoms with Crippen LogP contribution in [-0.4, -0.2) is 115 Å². The monoisotopic (exact) mass is 376 g/mol. The summed E-state index contributed by atoms with van der Waals surface area (Å²) in [4.78, 5) is 8.44. The summed E-state index contributed by atoms with van der Waals surface area (Å²) in [5.41, 5.74) is 0. The number of rotatable bonds is 3. The third-order valence-corrected chi connectivity index (χ3v) is 7.56. The third kappa shape index (κ3) is 3.36. The van der Waals surface area contributed by atoms with E-state index in [-0.39, 0.29) is 23.9 Å². The summed E-state index contributed by atoms with van der Waals surface area (Å²) >= 11 is 0. The standard InChI is InChI=1S/C16H32N4O4S/c1-5-19-9-17(3)7-11-13(19)16(25(22,23)24)14-12(15(11)21)8-18(4)10-20(14)6-2/h11-16,21H,5-10H2,1-4H3,(H,22,23,24). The Labute approximate surface area is 151 Å². The average molecular weight is 377 g/mol. The second-order valence-electron chi connectivity index (χ2n) is 7.95. The fraction of sp³-hybridized carbons (Fsp3) is 1.00. The Kier molecular flexibility index (Phi) is 5.47. The zero-order valence-electron chi connectivity index (χ0n) is 15.6. The molecule has 0 amide bonds. The molecule has 0 radical (unpaired) electrons. The van der Waals surface area contributed by atoms with Crippen LogP contribution in [0, 0.1) is 11.8 Å². The SMILES string of the molecule is CCN1CN(C)CC2C(O)C3CN(C)CN(CC)C3C(S(=O)(=O)O)C21. The summed E-state index contributed by atoms with van der Waals surface area (Å²) in [6, 6.07) is -0.713. The maximum atomic E-state index is 12.5. The van der Waals surface area contributed by atoms with Crippen molar-refractivity contribution in [2.75, 3.05) is 53.6 Å². The van der Waals surface area contributed by atoms with Crippen LogP contribution in [0.2, 0.25) is 0 Å². The third-order valence-electron chi connectivity index (χ3n) is 6.32. The number of nitrogens with zero attached hydrogens (tertiary/aromatic N) is 4. The maximum Gasteiger partial charge on any atom is 0.270 e. The van der Waals surface area contributed by atoms with Crippen molar-refractivity contribution >= 4 is 10.1 Å². The van der Waals surface area contributed by atoms with Crippen LogP contribution in [-0.2, 0) is 10.1 Å². The van der Waals surface area contributed by atoms with Gasteiger partial charge in [0.05, 0.1) is 19.4 Å². The molecule has 1 aliphatic carbocycles. The topological polar surface area (TPSA) is 87.6 Å². The van der Waals surface area contributed by atoms with E-state index in [2.05, 4.69) is 19.6 Å².